The van der Waals surface area contributed by atoms with Crippen molar-refractivity contribution in [2.45, 2.75) is 0 Å². The van der Waals surface area contributed by atoms with Gasteiger partial charge in [0.2, 0.25) is 0 Å². The third kappa shape index (κ3) is 2.86. The van der Waals surface area contributed by atoms with Crippen LogP contribution in [0.15, 0.2) is 133 Å². The summed E-state index contributed by atoms with van der Waals surface area (Å²) in [5.74, 6) is 0. The van der Waals surface area contributed by atoms with Crippen molar-refractivity contribution in [3.63, 3.8) is 0 Å². The van der Waals surface area contributed by atoms with E-state index in [2.05, 4.69) is 133 Å². The zero-order valence-electron chi connectivity index (χ0n) is 18.7. The van der Waals surface area contributed by atoms with Crippen LogP contribution < -0.4 is 0 Å². The van der Waals surface area contributed by atoms with Crippen LogP contribution in [0.4, 0.5) is 0 Å². The highest BCUT2D eigenvalue weighted by Crippen LogP contribution is 2.42. The molecule has 0 radical (unpaired) electrons. The molecule has 0 fully saturated rings. The molecular weight excluding hydrogens is 408 g/mol. The molecule has 0 aromatic heterocycles. The van der Waals surface area contributed by atoms with Crippen LogP contribution in [0.1, 0.15) is 0 Å². The summed E-state index contributed by atoms with van der Waals surface area (Å²) in [4.78, 5) is 0. The van der Waals surface area contributed by atoms with Gasteiger partial charge in [0.1, 0.15) is 0 Å². The van der Waals surface area contributed by atoms with Crippen LogP contribution in [0.3, 0.4) is 0 Å². The van der Waals surface area contributed by atoms with E-state index in [1.165, 1.54) is 65.3 Å². The van der Waals surface area contributed by atoms with Gasteiger partial charge in [-0.1, -0.05) is 121 Å². The van der Waals surface area contributed by atoms with E-state index in [1.54, 1.807) is 0 Å². The van der Waals surface area contributed by atoms with Gasteiger partial charge in [-0.15, -0.1) is 0 Å². The van der Waals surface area contributed by atoms with Crippen molar-refractivity contribution in [3.05, 3.63) is 133 Å². The molecule has 7 rings (SSSR count). The van der Waals surface area contributed by atoms with Crippen molar-refractivity contribution in [3.8, 4) is 22.3 Å². The molecule has 0 aliphatic rings. The molecule has 7 aromatic rings. The summed E-state index contributed by atoms with van der Waals surface area (Å²) >= 11 is 0. The topological polar surface area (TPSA) is 0 Å². The quantitative estimate of drug-likeness (QED) is 0.239. The molecule has 158 valence electrons. The maximum atomic E-state index is 2.36. The molecule has 34 heavy (non-hydrogen) atoms. The predicted molar refractivity (Wildman–Crippen MR) is 147 cm³/mol. The first-order valence-corrected chi connectivity index (χ1v) is 11.8. The maximum Gasteiger partial charge on any atom is -0.00928 e. The number of hydrogen-bond acceptors (Lipinski definition) is 0. The highest BCUT2D eigenvalue weighted by Gasteiger charge is 2.15. The van der Waals surface area contributed by atoms with Gasteiger partial charge in [-0.05, 0) is 77.5 Å². The molecule has 0 spiro atoms. The first kappa shape index (κ1) is 19.1. The second kappa shape index (κ2) is 7.57. The van der Waals surface area contributed by atoms with Crippen molar-refractivity contribution in [1.29, 1.82) is 0 Å². The average Bonchev–Trinajstić information content (AvgIpc) is 2.92. The lowest BCUT2D eigenvalue weighted by Gasteiger charge is -2.17. The summed E-state index contributed by atoms with van der Waals surface area (Å²) in [6.45, 7) is 0. The van der Waals surface area contributed by atoms with Crippen molar-refractivity contribution in [2.75, 3.05) is 0 Å². The first-order chi connectivity index (χ1) is 16.9. The largest absolute Gasteiger partial charge is 0.0616 e. The monoisotopic (exact) mass is 430 g/mol. The minimum Gasteiger partial charge on any atom is -0.0616 e. The zero-order valence-corrected chi connectivity index (χ0v) is 18.7. The predicted octanol–water partition coefficient (Wildman–Crippen LogP) is 9.63. The molecule has 0 saturated heterocycles. The van der Waals surface area contributed by atoms with Gasteiger partial charge in [0.15, 0.2) is 0 Å². The Morgan fingerprint density at radius 1 is 0.235 bits per heavy atom. The fraction of sp³-hybridized carbons (Fsp3) is 0. The van der Waals surface area contributed by atoms with Crippen molar-refractivity contribution < 1.29 is 0 Å². The van der Waals surface area contributed by atoms with Crippen LogP contribution in [-0.4, -0.2) is 0 Å². The van der Waals surface area contributed by atoms with Crippen molar-refractivity contribution in [1.82, 2.24) is 0 Å². The van der Waals surface area contributed by atoms with Crippen molar-refractivity contribution >= 4 is 43.1 Å². The summed E-state index contributed by atoms with van der Waals surface area (Å²) < 4.78 is 0. The van der Waals surface area contributed by atoms with Crippen LogP contribution in [0.2, 0.25) is 0 Å². The minimum absolute atomic E-state index is 1.27. The smallest absolute Gasteiger partial charge is 0.00928 e. The zero-order chi connectivity index (χ0) is 22.5. The van der Waals surface area contributed by atoms with Crippen LogP contribution in [0.5, 0.6) is 0 Å². The lowest BCUT2D eigenvalue weighted by Crippen LogP contribution is -1.90. The maximum absolute atomic E-state index is 2.36. The van der Waals surface area contributed by atoms with E-state index in [-0.39, 0.29) is 0 Å². The molecule has 0 atom stereocenters. The Kier molecular flexibility index (Phi) is 4.25. The van der Waals surface area contributed by atoms with E-state index in [4.69, 9.17) is 0 Å². The third-order valence-corrected chi connectivity index (χ3v) is 7.04. The molecule has 0 bridgehead atoms. The van der Waals surface area contributed by atoms with Crippen LogP contribution in [0, 0.1) is 0 Å². The molecule has 0 N–H and O–H groups in total. The SMILES string of the molecule is c1ccc(-c2cc3ccccc3c3ccccc23)c(-c2cc3ccccc3c3ccccc23)c1. The molecule has 0 unspecified atom stereocenters. The van der Waals surface area contributed by atoms with E-state index >= 15 is 0 Å². The Labute approximate surface area is 198 Å². The number of rotatable bonds is 2. The summed E-state index contributed by atoms with van der Waals surface area (Å²) in [6, 6.07) is 48.6. The second-order valence-electron chi connectivity index (χ2n) is 8.93. The fourth-order valence-corrected chi connectivity index (χ4v) is 5.51. The Hall–Kier alpha value is -4.42. The van der Waals surface area contributed by atoms with Gasteiger partial charge in [0.25, 0.3) is 0 Å². The van der Waals surface area contributed by atoms with Gasteiger partial charge in [0.05, 0.1) is 0 Å². The van der Waals surface area contributed by atoms with Gasteiger partial charge in [-0.25, -0.2) is 0 Å². The first-order valence-electron chi connectivity index (χ1n) is 11.8. The Bertz CT molecular complexity index is 1720. The summed E-state index contributed by atoms with van der Waals surface area (Å²) in [5, 5.41) is 10.3. The minimum atomic E-state index is 1.27. The van der Waals surface area contributed by atoms with E-state index in [0.29, 0.717) is 0 Å². The standard InChI is InChI=1S/C34H22/c1-3-13-25-23(11-1)21-33(29-17-7-5-15-27(25)29)31-19-9-10-20-32(31)34-22-24-12-2-4-14-26(24)28-16-6-8-18-30(28)34/h1-22H. The Morgan fingerprint density at radius 2 is 0.559 bits per heavy atom. The van der Waals surface area contributed by atoms with Gasteiger partial charge >= 0.3 is 0 Å². The van der Waals surface area contributed by atoms with E-state index in [0.717, 1.165) is 0 Å². The number of fused-ring (bicyclic) bond motifs is 6. The van der Waals surface area contributed by atoms with Gasteiger partial charge in [-0.3, -0.25) is 0 Å². The molecular formula is C34H22. The molecule has 0 heteroatoms. The van der Waals surface area contributed by atoms with Gasteiger partial charge in [0, 0.05) is 0 Å². The van der Waals surface area contributed by atoms with Crippen LogP contribution in [0.25, 0.3) is 65.3 Å². The molecule has 0 saturated carbocycles. The van der Waals surface area contributed by atoms with E-state index in [1.807, 2.05) is 0 Å². The van der Waals surface area contributed by atoms with Gasteiger partial charge < -0.3 is 0 Å². The normalized spacial score (nSPS) is 11.5. The number of benzene rings is 7. The molecule has 0 aliphatic carbocycles. The summed E-state index contributed by atoms with van der Waals surface area (Å²) in [7, 11) is 0. The molecule has 0 nitrogen and oxygen atoms in total. The number of hydrogen-bond donors (Lipinski definition) is 0. The average molecular weight is 431 g/mol. The molecule has 0 aliphatic heterocycles. The molecule has 0 heterocycles. The highest BCUT2D eigenvalue weighted by molar-refractivity contribution is 6.18. The van der Waals surface area contributed by atoms with E-state index < -0.39 is 0 Å². The summed E-state index contributed by atoms with van der Waals surface area (Å²) in [6.07, 6.45) is 0. The van der Waals surface area contributed by atoms with Crippen LogP contribution in [-0.2, 0) is 0 Å². The van der Waals surface area contributed by atoms with E-state index in [9.17, 15) is 0 Å². The van der Waals surface area contributed by atoms with Gasteiger partial charge in [-0.2, -0.15) is 0 Å². The lowest BCUT2D eigenvalue weighted by atomic mass is 9.86. The molecule has 7 aromatic carbocycles. The Balaban J connectivity index is 1.60. The Morgan fingerprint density at radius 3 is 1.00 bits per heavy atom. The third-order valence-electron chi connectivity index (χ3n) is 7.04. The molecule has 0 amide bonds. The fourth-order valence-electron chi connectivity index (χ4n) is 5.51. The van der Waals surface area contributed by atoms with Crippen LogP contribution >= 0.6 is 0 Å². The lowest BCUT2D eigenvalue weighted by molar-refractivity contribution is 1.64. The second-order valence-corrected chi connectivity index (χ2v) is 8.93. The summed E-state index contributed by atoms with van der Waals surface area (Å²) in [5.41, 5.74) is 5.10. The van der Waals surface area contributed by atoms with Crippen molar-refractivity contribution in [2.24, 2.45) is 0 Å². The highest BCUT2D eigenvalue weighted by atomic mass is 14.2.